The number of carbonyl (C=O) groups is 1. The second-order valence-corrected chi connectivity index (χ2v) is 4.44. The quantitative estimate of drug-likeness (QED) is 0.789. The van der Waals surface area contributed by atoms with E-state index in [-0.39, 0.29) is 5.75 Å². The van der Waals surface area contributed by atoms with Crippen molar-refractivity contribution in [1.82, 2.24) is 0 Å². The Morgan fingerprint density at radius 3 is 2.89 bits per heavy atom. The second kappa shape index (κ2) is 5.67. The topological polar surface area (TPSA) is 46.5 Å². The first-order valence-electron chi connectivity index (χ1n) is 5.98. The van der Waals surface area contributed by atoms with E-state index in [1.807, 2.05) is 0 Å². The van der Waals surface area contributed by atoms with Gasteiger partial charge in [0.1, 0.15) is 0 Å². The van der Waals surface area contributed by atoms with E-state index in [0.29, 0.717) is 12.2 Å². The number of hydrogen-bond acceptors (Lipinski definition) is 2. The number of ether oxygens (including phenoxy) is 1. The molecule has 3 nitrogen and oxygen atoms in total. The van der Waals surface area contributed by atoms with Crippen LogP contribution in [0.5, 0.6) is 5.75 Å². The highest BCUT2D eigenvalue weighted by Crippen LogP contribution is 2.32. The summed E-state index contributed by atoms with van der Waals surface area (Å²) in [6.45, 7) is 0.534. The summed E-state index contributed by atoms with van der Waals surface area (Å²) in [7, 11) is 0. The molecule has 1 aliphatic rings. The van der Waals surface area contributed by atoms with Gasteiger partial charge in [0, 0.05) is 6.08 Å². The fourth-order valence-corrected chi connectivity index (χ4v) is 1.65. The van der Waals surface area contributed by atoms with Crippen molar-refractivity contribution in [2.45, 2.75) is 19.3 Å². The highest BCUT2D eigenvalue weighted by molar-refractivity contribution is 5.85. The minimum atomic E-state index is -1.06. The third-order valence-corrected chi connectivity index (χ3v) is 2.85. The Morgan fingerprint density at radius 1 is 1.50 bits per heavy atom. The molecule has 1 saturated carbocycles. The standard InChI is InChI=1S/C14H15FO3/c15-12-9-11(4-6-14(16)17)3-5-13(12)18-8-7-10-1-2-10/h3-6,9-10H,1-2,7-8H2,(H,16,17)/b6-4+. The molecule has 0 aliphatic heterocycles. The van der Waals surface area contributed by atoms with Crippen LogP contribution in [0.15, 0.2) is 24.3 Å². The maximum absolute atomic E-state index is 13.6. The van der Waals surface area contributed by atoms with Crippen LogP contribution < -0.4 is 4.74 Å². The predicted molar refractivity (Wildman–Crippen MR) is 65.9 cm³/mol. The molecule has 0 bridgehead atoms. The highest BCUT2D eigenvalue weighted by Gasteiger charge is 2.20. The van der Waals surface area contributed by atoms with Crippen LogP contribution in [-0.4, -0.2) is 17.7 Å². The normalized spacial score (nSPS) is 14.9. The van der Waals surface area contributed by atoms with Crippen molar-refractivity contribution < 1.29 is 19.0 Å². The SMILES string of the molecule is O=C(O)/C=C/c1ccc(OCCC2CC2)c(F)c1. The number of rotatable bonds is 6. The molecule has 0 aromatic heterocycles. The van der Waals surface area contributed by atoms with Gasteiger partial charge in [-0.05, 0) is 36.1 Å². The molecule has 0 spiro atoms. The lowest BCUT2D eigenvalue weighted by Crippen LogP contribution is -2.00. The summed E-state index contributed by atoms with van der Waals surface area (Å²) in [6, 6.07) is 4.44. The molecule has 1 aromatic carbocycles. The van der Waals surface area contributed by atoms with E-state index in [9.17, 15) is 9.18 Å². The monoisotopic (exact) mass is 250 g/mol. The van der Waals surface area contributed by atoms with Gasteiger partial charge >= 0.3 is 5.97 Å². The number of carboxylic acid groups (broad SMARTS) is 1. The molecule has 0 heterocycles. The maximum atomic E-state index is 13.6. The lowest BCUT2D eigenvalue weighted by molar-refractivity contribution is -0.131. The molecular formula is C14H15FO3. The number of hydrogen-bond donors (Lipinski definition) is 1. The van der Waals surface area contributed by atoms with Crippen molar-refractivity contribution in [2.24, 2.45) is 5.92 Å². The van der Waals surface area contributed by atoms with Crippen LogP contribution in [0.4, 0.5) is 4.39 Å². The van der Waals surface area contributed by atoms with E-state index < -0.39 is 11.8 Å². The fraction of sp³-hybridized carbons (Fsp3) is 0.357. The molecule has 4 heteroatoms. The summed E-state index contributed by atoms with van der Waals surface area (Å²) < 4.78 is 19.0. The molecule has 1 aromatic rings. The van der Waals surface area contributed by atoms with Crippen molar-refractivity contribution in [3.8, 4) is 5.75 Å². The molecule has 0 unspecified atom stereocenters. The van der Waals surface area contributed by atoms with Gasteiger partial charge in [-0.2, -0.15) is 0 Å². The van der Waals surface area contributed by atoms with E-state index in [2.05, 4.69) is 0 Å². The molecule has 0 amide bonds. The molecule has 0 saturated heterocycles. The van der Waals surface area contributed by atoms with E-state index in [1.54, 1.807) is 6.07 Å². The zero-order valence-corrected chi connectivity index (χ0v) is 9.93. The van der Waals surface area contributed by atoms with Crippen LogP contribution >= 0.6 is 0 Å². The first-order chi connectivity index (χ1) is 8.65. The van der Waals surface area contributed by atoms with Crippen molar-refractivity contribution in [1.29, 1.82) is 0 Å². The Hall–Kier alpha value is -1.84. The van der Waals surface area contributed by atoms with E-state index in [4.69, 9.17) is 9.84 Å². The molecule has 0 radical (unpaired) electrons. The van der Waals surface area contributed by atoms with Gasteiger partial charge in [-0.3, -0.25) is 0 Å². The number of benzene rings is 1. The van der Waals surface area contributed by atoms with E-state index in [1.165, 1.54) is 31.1 Å². The molecule has 2 rings (SSSR count). The van der Waals surface area contributed by atoms with Gasteiger partial charge in [-0.1, -0.05) is 18.9 Å². The Morgan fingerprint density at radius 2 is 2.28 bits per heavy atom. The average Bonchev–Trinajstić information content (AvgIpc) is 3.13. The van der Waals surface area contributed by atoms with Gasteiger partial charge < -0.3 is 9.84 Å². The van der Waals surface area contributed by atoms with Crippen molar-refractivity contribution in [2.75, 3.05) is 6.61 Å². The van der Waals surface area contributed by atoms with Crippen LogP contribution in [0.2, 0.25) is 0 Å². The lowest BCUT2D eigenvalue weighted by atomic mass is 10.2. The molecule has 0 atom stereocenters. The van der Waals surface area contributed by atoms with Gasteiger partial charge in [-0.25, -0.2) is 9.18 Å². The first-order valence-corrected chi connectivity index (χ1v) is 5.98. The van der Waals surface area contributed by atoms with Crippen LogP contribution in [0, 0.1) is 11.7 Å². The van der Waals surface area contributed by atoms with Gasteiger partial charge in [0.15, 0.2) is 11.6 Å². The Kier molecular flexibility index (Phi) is 3.97. The maximum Gasteiger partial charge on any atom is 0.328 e. The Bertz CT molecular complexity index is 464. The average molecular weight is 250 g/mol. The molecule has 1 aliphatic carbocycles. The van der Waals surface area contributed by atoms with Gasteiger partial charge in [0.25, 0.3) is 0 Å². The number of halogens is 1. The highest BCUT2D eigenvalue weighted by atomic mass is 19.1. The van der Waals surface area contributed by atoms with Crippen LogP contribution in [0.1, 0.15) is 24.8 Å². The minimum Gasteiger partial charge on any atom is -0.491 e. The third-order valence-electron chi connectivity index (χ3n) is 2.85. The summed E-state index contributed by atoms with van der Waals surface area (Å²) in [5, 5.41) is 8.47. The second-order valence-electron chi connectivity index (χ2n) is 4.44. The van der Waals surface area contributed by atoms with Crippen LogP contribution in [0.25, 0.3) is 6.08 Å². The molecule has 96 valence electrons. The summed E-state index contributed by atoms with van der Waals surface area (Å²) >= 11 is 0. The predicted octanol–water partition coefficient (Wildman–Crippen LogP) is 3.10. The van der Waals surface area contributed by atoms with Crippen molar-refractivity contribution in [3.05, 3.63) is 35.7 Å². The smallest absolute Gasteiger partial charge is 0.328 e. The number of aliphatic carboxylic acids is 1. The van der Waals surface area contributed by atoms with E-state index in [0.717, 1.165) is 18.4 Å². The molecule has 1 fully saturated rings. The van der Waals surface area contributed by atoms with Crippen LogP contribution in [-0.2, 0) is 4.79 Å². The van der Waals surface area contributed by atoms with Crippen molar-refractivity contribution in [3.63, 3.8) is 0 Å². The minimum absolute atomic E-state index is 0.225. The summed E-state index contributed by atoms with van der Waals surface area (Å²) in [6.07, 6.45) is 5.80. The lowest BCUT2D eigenvalue weighted by Gasteiger charge is -2.07. The molecule has 1 N–H and O–H groups in total. The zero-order valence-electron chi connectivity index (χ0n) is 9.93. The zero-order chi connectivity index (χ0) is 13.0. The third kappa shape index (κ3) is 3.87. The molecular weight excluding hydrogens is 235 g/mol. The Labute approximate surface area is 105 Å². The van der Waals surface area contributed by atoms with Gasteiger partial charge in [-0.15, -0.1) is 0 Å². The van der Waals surface area contributed by atoms with E-state index >= 15 is 0 Å². The largest absolute Gasteiger partial charge is 0.491 e. The Balaban J connectivity index is 1.93. The van der Waals surface area contributed by atoms with Crippen molar-refractivity contribution >= 4 is 12.0 Å². The summed E-state index contributed by atoms with van der Waals surface area (Å²) in [5.74, 6) is -0.535. The molecule has 18 heavy (non-hydrogen) atoms. The number of carboxylic acids is 1. The fourth-order valence-electron chi connectivity index (χ4n) is 1.65. The summed E-state index contributed by atoms with van der Waals surface area (Å²) in [4.78, 5) is 10.3. The summed E-state index contributed by atoms with van der Waals surface area (Å²) in [5.41, 5.74) is 0.504. The van der Waals surface area contributed by atoms with Gasteiger partial charge in [0.05, 0.1) is 6.61 Å². The van der Waals surface area contributed by atoms with Gasteiger partial charge in [0.2, 0.25) is 0 Å². The van der Waals surface area contributed by atoms with Crippen LogP contribution in [0.3, 0.4) is 0 Å². The first kappa shape index (κ1) is 12.6.